The predicted octanol–water partition coefficient (Wildman–Crippen LogP) is 5.17. The summed E-state index contributed by atoms with van der Waals surface area (Å²) in [6, 6.07) is 14.4. The van der Waals surface area contributed by atoms with Crippen molar-refractivity contribution in [2.45, 2.75) is 16.9 Å². The van der Waals surface area contributed by atoms with E-state index in [9.17, 15) is 4.79 Å². The van der Waals surface area contributed by atoms with Crippen LogP contribution in [0.5, 0.6) is 0 Å². The Labute approximate surface area is 180 Å². The number of anilines is 1. The van der Waals surface area contributed by atoms with Crippen molar-refractivity contribution in [1.82, 2.24) is 10.6 Å². The van der Waals surface area contributed by atoms with Crippen LogP contribution in [0, 0.1) is 6.92 Å². The van der Waals surface area contributed by atoms with Gasteiger partial charge in [-0.3, -0.25) is 4.79 Å². The zero-order valence-electron chi connectivity index (χ0n) is 13.5. The first-order valence-corrected chi connectivity index (χ1v) is 9.76. The van der Waals surface area contributed by atoms with Gasteiger partial charge in [0.1, 0.15) is 6.17 Å². The molecule has 0 radical (unpaired) electrons. The average molecular weight is 496 g/mol. The van der Waals surface area contributed by atoms with Crippen molar-refractivity contribution in [2.75, 3.05) is 5.32 Å². The molecule has 0 spiro atoms. The molecule has 1 atom stereocenters. The molecule has 2 rings (SSSR count). The van der Waals surface area contributed by atoms with Crippen LogP contribution in [0.4, 0.5) is 5.69 Å². The Morgan fingerprint density at radius 3 is 2.27 bits per heavy atom. The Morgan fingerprint density at radius 1 is 1.08 bits per heavy atom. The molecule has 1 amide bonds. The second kappa shape index (κ2) is 9.24. The van der Waals surface area contributed by atoms with Crippen molar-refractivity contribution in [3.05, 3.63) is 64.1 Å². The first-order valence-electron chi connectivity index (χ1n) is 7.43. The Bertz CT molecular complexity index is 797. The maximum atomic E-state index is 12.4. The van der Waals surface area contributed by atoms with Crippen LogP contribution in [0.2, 0.25) is 0 Å². The molecule has 1 unspecified atom stereocenters. The zero-order valence-corrected chi connectivity index (χ0v) is 18.2. The van der Waals surface area contributed by atoms with Crippen LogP contribution < -0.4 is 16.0 Å². The summed E-state index contributed by atoms with van der Waals surface area (Å²) in [5.74, 6) is -0.403. The third kappa shape index (κ3) is 6.28. The first kappa shape index (κ1) is 21.3. The highest BCUT2D eigenvalue weighted by molar-refractivity contribution is 9.10. The highest BCUT2D eigenvalue weighted by Gasteiger charge is 2.34. The van der Waals surface area contributed by atoms with Crippen molar-refractivity contribution in [3.63, 3.8) is 0 Å². The van der Waals surface area contributed by atoms with Gasteiger partial charge in [-0.2, -0.15) is 0 Å². The van der Waals surface area contributed by atoms with E-state index in [0.29, 0.717) is 5.56 Å². The highest BCUT2D eigenvalue weighted by Crippen LogP contribution is 2.29. The molecule has 0 saturated heterocycles. The van der Waals surface area contributed by atoms with Gasteiger partial charge < -0.3 is 16.0 Å². The SMILES string of the molecule is Cc1ccccc1NC(=S)NC(NC(=O)c1ccc(Br)cc1)C(Cl)(Cl)Cl. The zero-order chi connectivity index (χ0) is 19.3. The second-order valence-electron chi connectivity index (χ2n) is 5.37. The number of para-hydroxylation sites is 1. The highest BCUT2D eigenvalue weighted by atomic mass is 79.9. The lowest BCUT2D eigenvalue weighted by Gasteiger charge is -2.28. The average Bonchev–Trinajstić information content (AvgIpc) is 2.56. The van der Waals surface area contributed by atoms with Crippen molar-refractivity contribution in [1.29, 1.82) is 0 Å². The molecular weight excluding hydrogens is 481 g/mol. The smallest absolute Gasteiger partial charge is 0.252 e. The molecule has 3 N–H and O–H groups in total. The van der Waals surface area contributed by atoms with Gasteiger partial charge in [-0.05, 0) is 55.0 Å². The normalized spacial score (nSPS) is 12.2. The van der Waals surface area contributed by atoms with Gasteiger partial charge in [-0.15, -0.1) is 0 Å². The second-order valence-corrected chi connectivity index (χ2v) is 9.06. The first-order chi connectivity index (χ1) is 12.2. The molecule has 0 heterocycles. The third-order valence-corrected chi connectivity index (χ3v) is 4.78. The number of rotatable bonds is 4. The lowest BCUT2D eigenvalue weighted by Crippen LogP contribution is -2.56. The van der Waals surface area contributed by atoms with E-state index in [2.05, 4.69) is 31.9 Å². The standard InChI is InChI=1S/C17H15BrCl3N3OS/c1-10-4-2-3-5-13(10)22-16(26)24-15(17(19,20)21)23-14(25)11-6-8-12(18)9-7-11/h2-9,15H,1H3,(H,23,25)(H2,22,24,26). The number of carbonyl (C=O) groups excluding carboxylic acids is 1. The fourth-order valence-electron chi connectivity index (χ4n) is 2.02. The van der Waals surface area contributed by atoms with Crippen molar-refractivity contribution < 1.29 is 4.79 Å². The summed E-state index contributed by atoms with van der Waals surface area (Å²) in [4.78, 5) is 12.4. The lowest BCUT2D eigenvalue weighted by molar-refractivity contribution is 0.0934. The molecule has 0 bridgehead atoms. The van der Waals surface area contributed by atoms with Gasteiger partial charge in [0.25, 0.3) is 5.91 Å². The lowest BCUT2D eigenvalue weighted by atomic mass is 10.2. The minimum Gasteiger partial charge on any atom is -0.339 e. The molecule has 26 heavy (non-hydrogen) atoms. The van der Waals surface area contributed by atoms with Crippen LogP contribution in [0.15, 0.2) is 53.0 Å². The number of halogens is 4. The Kier molecular flexibility index (Phi) is 7.55. The summed E-state index contributed by atoms with van der Waals surface area (Å²) < 4.78 is -0.962. The van der Waals surface area contributed by atoms with Gasteiger partial charge in [0.15, 0.2) is 5.11 Å². The monoisotopic (exact) mass is 493 g/mol. The van der Waals surface area contributed by atoms with Gasteiger partial charge in [-0.1, -0.05) is 68.9 Å². The van der Waals surface area contributed by atoms with Crippen molar-refractivity contribution in [3.8, 4) is 0 Å². The van der Waals surface area contributed by atoms with Crippen LogP contribution in [0.25, 0.3) is 0 Å². The minimum absolute atomic E-state index is 0.215. The Hall–Kier alpha value is -1.05. The molecule has 2 aromatic rings. The van der Waals surface area contributed by atoms with Crippen LogP contribution in [-0.4, -0.2) is 21.0 Å². The molecule has 0 aliphatic carbocycles. The number of aryl methyl sites for hydroxylation is 1. The van der Waals surface area contributed by atoms with Crippen molar-refractivity contribution in [2.24, 2.45) is 0 Å². The van der Waals surface area contributed by atoms with E-state index in [1.54, 1.807) is 24.3 Å². The van der Waals surface area contributed by atoms with Crippen LogP contribution in [0.3, 0.4) is 0 Å². The Balaban J connectivity index is 2.07. The number of alkyl halides is 3. The van der Waals surface area contributed by atoms with Crippen LogP contribution in [0.1, 0.15) is 15.9 Å². The van der Waals surface area contributed by atoms with E-state index in [1.165, 1.54) is 0 Å². The van der Waals surface area contributed by atoms with Crippen LogP contribution in [-0.2, 0) is 0 Å². The molecule has 2 aromatic carbocycles. The van der Waals surface area contributed by atoms with Crippen LogP contribution >= 0.6 is 63.0 Å². The number of benzene rings is 2. The fourth-order valence-corrected chi connectivity index (χ4v) is 2.84. The number of thiocarbonyl (C=S) groups is 1. The summed E-state index contributed by atoms with van der Waals surface area (Å²) >= 11 is 26.6. The fraction of sp³-hybridized carbons (Fsp3) is 0.176. The van der Waals surface area contributed by atoms with E-state index in [0.717, 1.165) is 15.7 Å². The quantitative estimate of drug-likeness (QED) is 0.311. The predicted molar refractivity (Wildman–Crippen MR) is 116 cm³/mol. The summed E-state index contributed by atoms with van der Waals surface area (Å²) in [5, 5.41) is 8.70. The number of nitrogens with one attached hydrogen (secondary N) is 3. The number of carbonyl (C=O) groups is 1. The number of hydrogen-bond acceptors (Lipinski definition) is 2. The maximum absolute atomic E-state index is 12.4. The number of amides is 1. The molecule has 0 saturated carbocycles. The maximum Gasteiger partial charge on any atom is 0.252 e. The van der Waals surface area contributed by atoms with Gasteiger partial charge in [0.05, 0.1) is 0 Å². The molecule has 0 fully saturated rings. The van der Waals surface area contributed by atoms with Gasteiger partial charge in [-0.25, -0.2) is 0 Å². The van der Waals surface area contributed by atoms with E-state index in [4.69, 9.17) is 47.0 Å². The minimum atomic E-state index is -1.82. The van der Waals surface area contributed by atoms with Crippen molar-refractivity contribution >= 4 is 79.7 Å². The summed E-state index contributed by atoms with van der Waals surface area (Å²) in [6.45, 7) is 1.94. The van der Waals surface area contributed by atoms with Gasteiger partial charge in [0, 0.05) is 15.7 Å². The third-order valence-electron chi connectivity index (χ3n) is 3.38. The molecular formula is C17H15BrCl3N3OS. The van der Waals surface area contributed by atoms with E-state index < -0.39 is 15.9 Å². The Morgan fingerprint density at radius 2 is 1.69 bits per heavy atom. The van der Waals surface area contributed by atoms with E-state index in [-0.39, 0.29) is 5.11 Å². The molecule has 9 heteroatoms. The van der Waals surface area contributed by atoms with E-state index in [1.807, 2.05) is 31.2 Å². The molecule has 4 nitrogen and oxygen atoms in total. The molecule has 138 valence electrons. The summed E-state index contributed by atoms with van der Waals surface area (Å²) in [7, 11) is 0. The summed E-state index contributed by atoms with van der Waals surface area (Å²) in [6.07, 6.45) is -1.03. The topological polar surface area (TPSA) is 53.2 Å². The number of hydrogen-bond donors (Lipinski definition) is 3. The molecule has 0 aromatic heterocycles. The van der Waals surface area contributed by atoms with Gasteiger partial charge >= 0.3 is 0 Å². The van der Waals surface area contributed by atoms with E-state index >= 15 is 0 Å². The van der Waals surface area contributed by atoms with Gasteiger partial charge in [0.2, 0.25) is 3.79 Å². The largest absolute Gasteiger partial charge is 0.339 e. The molecule has 0 aliphatic heterocycles. The summed E-state index contributed by atoms with van der Waals surface area (Å²) in [5.41, 5.74) is 2.24. The molecule has 0 aliphatic rings.